The van der Waals surface area contributed by atoms with Crippen LogP contribution in [-0.2, 0) is 14.4 Å². The fraction of sp³-hybridized carbons (Fsp3) is 0.700. The predicted molar refractivity (Wildman–Crippen MR) is 65.3 cm³/mol. The first kappa shape index (κ1) is 13.2. The maximum atomic E-state index is 12.2. The predicted octanol–water partition coefficient (Wildman–Crippen LogP) is -1.90. The topological polar surface area (TPSA) is 98.7 Å². The molecule has 0 aromatic carbocycles. The van der Waals surface area contributed by atoms with Crippen molar-refractivity contribution in [2.45, 2.75) is 12.1 Å². The van der Waals surface area contributed by atoms with Gasteiger partial charge in [-0.2, -0.15) is 11.8 Å². The van der Waals surface area contributed by atoms with Crippen molar-refractivity contribution in [3.63, 3.8) is 0 Å². The Balaban J connectivity index is 2.02. The summed E-state index contributed by atoms with van der Waals surface area (Å²) in [6, 6.07) is -1.29. The zero-order chi connectivity index (χ0) is 13.1. The molecule has 18 heavy (non-hydrogen) atoms. The van der Waals surface area contributed by atoms with Crippen LogP contribution in [0.25, 0.3) is 0 Å². The summed E-state index contributed by atoms with van der Waals surface area (Å²) in [5.74, 6) is -0.212. The molecule has 0 aromatic rings. The van der Waals surface area contributed by atoms with Crippen molar-refractivity contribution in [2.75, 3.05) is 31.1 Å². The lowest BCUT2D eigenvalue weighted by Crippen LogP contribution is -2.62. The van der Waals surface area contributed by atoms with E-state index < -0.39 is 18.1 Å². The first-order valence-corrected chi connectivity index (χ1v) is 6.86. The average molecular weight is 273 g/mol. The zero-order valence-electron chi connectivity index (χ0n) is 9.72. The monoisotopic (exact) mass is 273 g/mol. The van der Waals surface area contributed by atoms with Crippen molar-refractivity contribution in [3.8, 4) is 0 Å². The van der Waals surface area contributed by atoms with Crippen LogP contribution in [0.5, 0.6) is 0 Å². The molecule has 2 aliphatic rings. The fourth-order valence-corrected chi connectivity index (χ4v) is 3.05. The number of carboxylic acids is 1. The van der Waals surface area contributed by atoms with Crippen LogP contribution in [0.15, 0.2) is 0 Å². The highest BCUT2D eigenvalue weighted by atomic mass is 32.2. The summed E-state index contributed by atoms with van der Waals surface area (Å²) < 4.78 is 0. The minimum Gasteiger partial charge on any atom is -0.480 e. The minimum absolute atomic E-state index is 0.0940. The van der Waals surface area contributed by atoms with Gasteiger partial charge >= 0.3 is 5.97 Å². The molecule has 0 aromatic heterocycles. The highest BCUT2D eigenvalue weighted by Crippen LogP contribution is 2.17. The molecule has 2 amide bonds. The van der Waals surface area contributed by atoms with E-state index in [-0.39, 0.29) is 24.9 Å². The van der Waals surface area contributed by atoms with Crippen LogP contribution in [0, 0.1) is 0 Å². The molecule has 100 valence electrons. The number of carboxylic acid groups (broad SMARTS) is 1. The van der Waals surface area contributed by atoms with Crippen LogP contribution >= 0.6 is 11.8 Å². The molecule has 0 saturated carbocycles. The third kappa shape index (κ3) is 2.75. The second-order valence-electron chi connectivity index (χ2n) is 4.20. The highest BCUT2D eigenvalue weighted by Gasteiger charge is 2.36. The van der Waals surface area contributed by atoms with Crippen molar-refractivity contribution in [3.05, 3.63) is 0 Å². The van der Waals surface area contributed by atoms with Gasteiger partial charge in [0, 0.05) is 24.6 Å². The van der Waals surface area contributed by atoms with Crippen LogP contribution in [0.2, 0.25) is 0 Å². The van der Waals surface area contributed by atoms with E-state index in [1.807, 2.05) is 0 Å². The maximum absolute atomic E-state index is 12.2. The average Bonchev–Trinajstić information content (AvgIpc) is 2.39. The lowest BCUT2D eigenvalue weighted by Gasteiger charge is -2.36. The molecule has 2 atom stereocenters. The number of aliphatic carboxylic acids is 1. The van der Waals surface area contributed by atoms with Gasteiger partial charge in [-0.05, 0) is 0 Å². The molecule has 0 aliphatic carbocycles. The van der Waals surface area contributed by atoms with Gasteiger partial charge in [-0.3, -0.25) is 14.9 Å². The highest BCUT2D eigenvalue weighted by molar-refractivity contribution is 7.99. The summed E-state index contributed by atoms with van der Waals surface area (Å²) in [6.07, 6.45) is 0. The number of hydrogen-bond acceptors (Lipinski definition) is 5. The van der Waals surface area contributed by atoms with E-state index in [4.69, 9.17) is 5.11 Å². The standard InChI is InChI=1S/C10H15N3O4S/c14-8-4-11-6(3-12-8)9(15)13-1-2-18-5-7(13)10(16)17/h6-7,11H,1-5H2,(H,12,14)(H,16,17). The Morgan fingerprint density at radius 3 is 2.83 bits per heavy atom. The number of amides is 2. The van der Waals surface area contributed by atoms with E-state index in [2.05, 4.69) is 10.6 Å². The maximum Gasteiger partial charge on any atom is 0.327 e. The van der Waals surface area contributed by atoms with Crippen LogP contribution in [0.4, 0.5) is 0 Å². The molecule has 0 bridgehead atoms. The number of carbonyl (C=O) groups is 3. The Morgan fingerprint density at radius 2 is 2.22 bits per heavy atom. The van der Waals surface area contributed by atoms with Gasteiger partial charge < -0.3 is 15.3 Å². The van der Waals surface area contributed by atoms with E-state index in [1.165, 1.54) is 16.7 Å². The number of hydrogen-bond donors (Lipinski definition) is 3. The van der Waals surface area contributed by atoms with Gasteiger partial charge in [-0.1, -0.05) is 0 Å². The van der Waals surface area contributed by atoms with Crippen molar-refractivity contribution < 1.29 is 19.5 Å². The summed E-state index contributed by atoms with van der Waals surface area (Å²) in [4.78, 5) is 35.7. The number of carbonyl (C=O) groups excluding carboxylic acids is 2. The second kappa shape index (κ2) is 5.57. The van der Waals surface area contributed by atoms with Crippen molar-refractivity contribution in [1.82, 2.24) is 15.5 Å². The molecule has 2 unspecified atom stereocenters. The molecule has 2 aliphatic heterocycles. The fourth-order valence-electron chi connectivity index (χ4n) is 2.01. The summed E-state index contributed by atoms with van der Waals surface area (Å²) in [5.41, 5.74) is 0. The quantitative estimate of drug-likeness (QED) is 0.544. The Kier molecular flexibility index (Phi) is 4.07. The van der Waals surface area contributed by atoms with E-state index in [9.17, 15) is 14.4 Å². The molecule has 2 saturated heterocycles. The van der Waals surface area contributed by atoms with Gasteiger partial charge in [0.1, 0.15) is 12.1 Å². The lowest BCUT2D eigenvalue weighted by molar-refractivity contribution is -0.150. The molecule has 0 radical (unpaired) electrons. The smallest absolute Gasteiger partial charge is 0.327 e. The molecule has 2 rings (SSSR count). The summed E-state index contributed by atoms with van der Waals surface area (Å²) in [7, 11) is 0. The minimum atomic E-state index is -0.976. The number of nitrogens with zero attached hydrogens (tertiary/aromatic N) is 1. The van der Waals surface area contributed by atoms with Crippen molar-refractivity contribution in [1.29, 1.82) is 0 Å². The molecule has 3 N–H and O–H groups in total. The van der Waals surface area contributed by atoms with E-state index in [0.717, 1.165) is 5.75 Å². The van der Waals surface area contributed by atoms with E-state index in [1.54, 1.807) is 0 Å². The van der Waals surface area contributed by atoms with E-state index in [0.29, 0.717) is 12.3 Å². The molecule has 0 spiro atoms. The van der Waals surface area contributed by atoms with Gasteiger partial charge in [-0.15, -0.1) is 0 Å². The molecule has 2 fully saturated rings. The lowest BCUT2D eigenvalue weighted by atomic mass is 10.1. The summed E-state index contributed by atoms with van der Waals surface area (Å²) >= 11 is 1.53. The van der Waals surface area contributed by atoms with Crippen molar-refractivity contribution in [2.24, 2.45) is 0 Å². The third-order valence-corrected chi connectivity index (χ3v) is 4.03. The van der Waals surface area contributed by atoms with Crippen LogP contribution in [-0.4, -0.2) is 71.0 Å². The Bertz CT molecular complexity index is 366. The Labute approximate surface area is 108 Å². The largest absolute Gasteiger partial charge is 0.480 e. The SMILES string of the molecule is O=C1CNC(C(=O)N2CCSCC2C(=O)O)CN1. The number of thioether (sulfide) groups is 1. The first-order valence-electron chi connectivity index (χ1n) is 5.70. The third-order valence-electron chi connectivity index (χ3n) is 3.01. The van der Waals surface area contributed by atoms with Gasteiger partial charge in [0.2, 0.25) is 11.8 Å². The van der Waals surface area contributed by atoms with Gasteiger partial charge in [-0.25, -0.2) is 4.79 Å². The van der Waals surface area contributed by atoms with Gasteiger partial charge in [0.25, 0.3) is 0 Å². The molecule has 7 nitrogen and oxygen atoms in total. The van der Waals surface area contributed by atoms with Gasteiger partial charge in [0.05, 0.1) is 6.54 Å². The number of piperazine rings is 1. The van der Waals surface area contributed by atoms with E-state index >= 15 is 0 Å². The molecule has 8 heteroatoms. The zero-order valence-corrected chi connectivity index (χ0v) is 10.5. The molecule has 2 heterocycles. The summed E-state index contributed by atoms with van der Waals surface area (Å²) in [6.45, 7) is 0.747. The summed E-state index contributed by atoms with van der Waals surface area (Å²) in [5, 5.41) is 14.5. The molecular weight excluding hydrogens is 258 g/mol. The number of rotatable bonds is 2. The Morgan fingerprint density at radius 1 is 1.44 bits per heavy atom. The number of nitrogens with one attached hydrogen (secondary N) is 2. The molecular formula is C10H15N3O4S. The van der Waals surface area contributed by atoms with Crippen molar-refractivity contribution >= 4 is 29.5 Å². The van der Waals surface area contributed by atoms with Gasteiger partial charge in [0.15, 0.2) is 0 Å². The van der Waals surface area contributed by atoms with Crippen LogP contribution < -0.4 is 10.6 Å². The first-order chi connectivity index (χ1) is 8.59. The normalized spacial score (nSPS) is 28.7. The van der Waals surface area contributed by atoms with Crippen LogP contribution in [0.3, 0.4) is 0 Å². The Hall–Kier alpha value is -1.28. The second-order valence-corrected chi connectivity index (χ2v) is 5.35. The van der Waals surface area contributed by atoms with Crippen LogP contribution in [0.1, 0.15) is 0 Å².